The monoisotopic (exact) mass is 220 g/mol. The standard InChI is InChI=1S/C13H20N2O/c1-14-13-4-2-3-12(11-13)5-6-15-7-9-16-10-8-15/h2-4,11,14H,5-10H2,1H3. The number of benzene rings is 1. The second-order valence-corrected chi connectivity index (χ2v) is 4.15. The number of ether oxygens (including phenoxy) is 1. The van der Waals surface area contributed by atoms with E-state index in [1.54, 1.807) is 0 Å². The summed E-state index contributed by atoms with van der Waals surface area (Å²) in [5.74, 6) is 0. The van der Waals surface area contributed by atoms with E-state index in [0.717, 1.165) is 39.3 Å². The number of hydrogen-bond acceptors (Lipinski definition) is 3. The summed E-state index contributed by atoms with van der Waals surface area (Å²) in [6, 6.07) is 8.63. The average Bonchev–Trinajstić information content (AvgIpc) is 2.38. The van der Waals surface area contributed by atoms with Gasteiger partial charge in [0.15, 0.2) is 0 Å². The van der Waals surface area contributed by atoms with E-state index in [9.17, 15) is 0 Å². The van der Waals surface area contributed by atoms with Crippen LogP contribution in [0, 0.1) is 0 Å². The Morgan fingerprint density at radius 2 is 2.12 bits per heavy atom. The number of anilines is 1. The molecule has 1 saturated heterocycles. The Hall–Kier alpha value is -1.06. The van der Waals surface area contributed by atoms with Crippen LogP contribution in [0.25, 0.3) is 0 Å². The molecule has 1 fully saturated rings. The molecule has 0 saturated carbocycles. The van der Waals surface area contributed by atoms with Gasteiger partial charge in [0.1, 0.15) is 0 Å². The fraction of sp³-hybridized carbons (Fsp3) is 0.538. The van der Waals surface area contributed by atoms with Crippen LogP contribution in [-0.2, 0) is 11.2 Å². The van der Waals surface area contributed by atoms with Gasteiger partial charge in [-0.2, -0.15) is 0 Å². The summed E-state index contributed by atoms with van der Waals surface area (Å²) in [5.41, 5.74) is 2.60. The molecule has 3 heteroatoms. The third kappa shape index (κ3) is 3.22. The molecule has 0 radical (unpaired) electrons. The van der Waals surface area contributed by atoms with E-state index in [1.165, 1.54) is 11.3 Å². The van der Waals surface area contributed by atoms with Crippen molar-refractivity contribution in [1.29, 1.82) is 0 Å². The van der Waals surface area contributed by atoms with Crippen LogP contribution < -0.4 is 5.32 Å². The molecule has 0 aliphatic carbocycles. The first-order chi connectivity index (χ1) is 7.88. The molecular weight excluding hydrogens is 200 g/mol. The minimum Gasteiger partial charge on any atom is -0.388 e. The van der Waals surface area contributed by atoms with E-state index in [4.69, 9.17) is 4.74 Å². The summed E-state index contributed by atoms with van der Waals surface area (Å²) in [6.07, 6.45) is 1.12. The second kappa shape index (κ2) is 5.87. The highest BCUT2D eigenvalue weighted by atomic mass is 16.5. The van der Waals surface area contributed by atoms with Crippen LogP contribution in [-0.4, -0.2) is 44.8 Å². The molecule has 0 amide bonds. The lowest BCUT2D eigenvalue weighted by Crippen LogP contribution is -2.37. The van der Waals surface area contributed by atoms with Gasteiger partial charge < -0.3 is 10.1 Å². The fourth-order valence-electron chi connectivity index (χ4n) is 1.99. The summed E-state index contributed by atoms with van der Waals surface area (Å²) in [6.45, 7) is 5.06. The maximum absolute atomic E-state index is 5.34. The zero-order valence-corrected chi connectivity index (χ0v) is 9.91. The van der Waals surface area contributed by atoms with Crippen LogP contribution in [0.3, 0.4) is 0 Å². The van der Waals surface area contributed by atoms with Gasteiger partial charge in [-0.1, -0.05) is 12.1 Å². The number of nitrogens with one attached hydrogen (secondary N) is 1. The van der Waals surface area contributed by atoms with Gasteiger partial charge >= 0.3 is 0 Å². The minimum absolute atomic E-state index is 0.885. The van der Waals surface area contributed by atoms with Gasteiger partial charge in [0.05, 0.1) is 13.2 Å². The highest BCUT2D eigenvalue weighted by Gasteiger charge is 2.09. The summed E-state index contributed by atoms with van der Waals surface area (Å²) in [4.78, 5) is 2.47. The molecule has 0 atom stereocenters. The fourth-order valence-corrected chi connectivity index (χ4v) is 1.99. The molecule has 2 rings (SSSR count). The van der Waals surface area contributed by atoms with Crippen molar-refractivity contribution in [1.82, 2.24) is 4.90 Å². The molecule has 0 unspecified atom stereocenters. The lowest BCUT2D eigenvalue weighted by molar-refractivity contribution is 0.0384. The molecule has 0 spiro atoms. The predicted molar refractivity (Wildman–Crippen MR) is 67.0 cm³/mol. The predicted octanol–water partition coefficient (Wildman–Crippen LogP) is 1.60. The molecule has 1 aromatic carbocycles. The number of rotatable bonds is 4. The van der Waals surface area contributed by atoms with Crippen LogP contribution in [0.4, 0.5) is 5.69 Å². The van der Waals surface area contributed by atoms with Gasteiger partial charge in [0.25, 0.3) is 0 Å². The van der Waals surface area contributed by atoms with Crippen molar-refractivity contribution in [3.8, 4) is 0 Å². The summed E-state index contributed by atoms with van der Waals surface area (Å²) in [7, 11) is 1.96. The Kier molecular flexibility index (Phi) is 4.19. The van der Waals surface area contributed by atoms with E-state index >= 15 is 0 Å². The van der Waals surface area contributed by atoms with E-state index in [2.05, 4.69) is 34.5 Å². The van der Waals surface area contributed by atoms with Crippen molar-refractivity contribution < 1.29 is 4.74 Å². The normalized spacial score (nSPS) is 17.3. The summed E-state index contributed by atoms with van der Waals surface area (Å²) in [5, 5.41) is 3.17. The molecule has 1 N–H and O–H groups in total. The molecule has 1 heterocycles. The topological polar surface area (TPSA) is 24.5 Å². The molecule has 0 aromatic heterocycles. The summed E-state index contributed by atoms with van der Waals surface area (Å²) >= 11 is 0. The first kappa shape index (κ1) is 11.4. The van der Waals surface area contributed by atoms with E-state index < -0.39 is 0 Å². The average molecular weight is 220 g/mol. The minimum atomic E-state index is 0.885. The van der Waals surface area contributed by atoms with Crippen molar-refractivity contribution in [3.63, 3.8) is 0 Å². The molecule has 0 bridgehead atoms. The second-order valence-electron chi connectivity index (χ2n) is 4.15. The largest absolute Gasteiger partial charge is 0.388 e. The highest BCUT2D eigenvalue weighted by Crippen LogP contribution is 2.11. The Morgan fingerprint density at radius 3 is 2.88 bits per heavy atom. The molecule has 3 nitrogen and oxygen atoms in total. The molecule has 1 aromatic rings. The SMILES string of the molecule is CNc1cccc(CCN2CCOCC2)c1. The Morgan fingerprint density at radius 1 is 1.31 bits per heavy atom. The Labute approximate surface area is 97.4 Å². The molecule has 88 valence electrons. The van der Waals surface area contributed by atoms with E-state index in [-0.39, 0.29) is 0 Å². The van der Waals surface area contributed by atoms with Crippen LogP contribution in [0.2, 0.25) is 0 Å². The van der Waals surface area contributed by atoms with Crippen molar-refractivity contribution in [3.05, 3.63) is 29.8 Å². The molecule has 1 aliphatic heterocycles. The van der Waals surface area contributed by atoms with Gasteiger partial charge in [-0.3, -0.25) is 4.90 Å². The van der Waals surface area contributed by atoms with Crippen molar-refractivity contribution >= 4 is 5.69 Å². The number of hydrogen-bond donors (Lipinski definition) is 1. The number of morpholine rings is 1. The van der Waals surface area contributed by atoms with Gasteiger partial charge in [-0.15, -0.1) is 0 Å². The third-order valence-electron chi connectivity index (χ3n) is 3.04. The molecule has 16 heavy (non-hydrogen) atoms. The number of nitrogens with zero attached hydrogens (tertiary/aromatic N) is 1. The zero-order chi connectivity index (χ0) is 11.2. The first-order valence-corrected chi connectivity index (χ1v) is 5.95. The lowest BCUT2D eigenvalue weighted by Gasteiger charge is -2.26. The van der Waals surface area contributed by atoms with Crippen LogP contribution >= 0.6 is 0 Å². The molecular formula is C13H20N2O. The highest BCUT2D eigenvalue weighted by molar-refractivity contribution is 5.45. The van der Waals surface area contributed by atoms with Gasteiger partial charge in [0.2, 0.25) is 0 Å². The maximum atomic E-state index is 5.34. The third-order valence-corrected chi connectivity index (χ3v) is 3.04. The van der Waals surface area contributed by atoms with Crippen LogP contribution in [0.5, 0.6) is 0 Å². The van der Waals surface area contributed by atoms with Crippen LogP contribution in [0.1, 0.15) is 5.56 Å². The first-order valence-electron chi connectivity index (χ1n) is 5.95. The quantitative estimate of drug-likeness (QED) is 0.834. The maximum Gasteiger partial charge on any atom is 0.0594 e. The van der Waals surface area contributed by atoms with Crippen molar-refractivity contribution in [2.75, 3.05) is 45.2 Å². The lowest BCUT2D eigenvalue weighted by atomic mass is 10.1. The van der Waals surface area contributed by atoms with Crippen LogP contribution in [0.15, 0.2) is 24.3 Å². The molecule has 1 aliphatic rings. The Bertz CT molecular complexity index is 321. The van der Waals surface area contributed by atoms with Gasteiger partial charge in [-0.25, -0.2) is 0 Å². The smallest absolute Gasteiger partial charge is 0.0594 e. The van der Waals surface area contributed by atoms with Crippen molar-refractivity contribution in [2.45, 2.75) is 6.42 Å². The van der Waals surface area contributed by atoms with E-state index in [1.807, 2.05) is 7.05 Å². The zero-order valence-electron chi connectivity index (χ0n) is 9.91. The Balaban J connectivity index is 1.83. The van der Waals surface area contributed by atoms with Gasteiger partial charge in [0, 0.05) is 32.4 Å². The summed E-state index contributed by atoms with van der Waals surface area (Å²) < 4.78 is 5.34. The van der Waals surface area contributed by atoms with E-state index in [0.29, 0.717) is 0 Å². The van der Waals surface area contributed by atoms with Gasteiger partial charge in [-0.05, 0) is 24.1 Å². The van der Waals surface area contributed by atoms with Crippen molar-refractivity contribution in [2.24, 2.45) is 0 Å².